The smallest absolute Gasteiger partial charge is 0.308 e. The van der Waals surface area contributed by atoms with Crippen molar-refractivity contribution in [2.24, 2.45) is 0 Å². The van der Waals surface area contributed by atoms with Gasteiger partial charge in [0.1, 0.15) is 0 Å². The maximum atomic E-state index is 11.6. The summed E-state index contributed by atoms with van der Waals surface area (Å²) in [6.07, 6.45) is 1.68. The predicted octanol–water partition coefficient (Wildman–Crippen LogP) is 3.60. The van der Waals surface area contributed by atoms with E-state index in [1.807, 2.05) is 53.6 Å². The Kier molecular flexibility index (Phi) is 3.12. The molecule has 4 rings (SSSR count). The molecule has 4 nitrogen and oxygen atoms in total. The molecule has 0 aromatic heterocycles. The molecule has 0 aliphatic carbocycles. The molecule has 22 heavy (non-hydrogen) atoms. The highest BCUT2D eigenvalue weighted by Gasteiger charge is 2.52. The van der Waals surface area contributed by atoms with Gasteiger partial charge in [0.25, 0.3) is 0 Å². The molecule has 2 aliphatic rings. The Labute approximate surface area is 129 Å². The van der Waals surface area contributed by atoms with E-state index in [4.69, 9.17) is 9.57 Å². The fourth-order valence-electron chi connectivity index (χ4n) is 3.20. The van der Waals surface area contributed by atoms with Crippen LogP contribution < -0.4 is 5.06 Å². The SMILES string of the molecule is O=C1CC[C@@]2(C[C@H](c3ccccc3)N(c3ccccc3)O2)O1. The second kappa shape index (κ2) is 5.14. The zero-order valence-electron chi connectivity index (χ0n) is 12.1. The van der Waals surface area contributed by atoms with Crippen LogP contribution in [-0.4, -0.2) is 11.8 Å². The summed E-state index contributed by atoms with van der Waals surface area (Å²) < 4.78 is 5.51. The van der Waals surface area contributed by atoms with Crippen molar-refractivity contribution in [2.75, 3.05) is 5.06 Å². The van der Waals surface area contributed by atoms with Crippen molar-refractivity contribution in [3.8, 4) is 0 Å². The molecule has 4 heteroatoms. The Morgan fingerprint density at radius 1 is 1.00 bits per heavy atom. The van der Waals surface area contributed by atoms with Gasteiger partial charge in [0.05, 0.1) is 18.2 Å². The van der Waals surface area contributed by atoms with Gasteiger partial charge in [-0.2, -0.15) is 0 Å². The van der Waals surface area contributed by atoms with E-state index in [1.54, 1.807) is 0 Å². The van der Waals surface area contributed by atoms with Gasteiger partial charge < -0.3 is 4.74 Å². The van der Waals surface area contributed by atoms with E-state index in [0.717, 1.165) is 11.3 Å². The number of ether oxygens (including phenoxy) is 1. The first kappa shape index (κ1) is 13.3. The third kappa shape index (κ3) is 2.25. The molecule has 2 heterocycles. The number of anilines is 1. The Bertz CT molecular complexity index is 624. The fourth-order valence-corrected chi connectivity index (χ4v) is 3.20. The summed E-state index contributed by atoms with van der Waals surface area (Å²) in [5.41, 5.74) is 2.13. The molecule has 0 unspecified atom stereocenters. The highest BCUT2D eigenvalue weighted by atomic mass is 16.8. The molecular weight excluding hydrogens is 278 g/mol. The largest absolute Gasteiger partial charge is 0.431 e. The van der Waals surface area contributed by atoms with Crippen LogP contribution in [0.5, 0.6) is 0 Å². The molecule has 2 aromatic rings. The first-order valence-corrected chi connectivity index (χ1v) is 7.56. The van der Waals surface area contributed by atoms with Crippen molar-refractivity contribution in [3.05, 3.63) is 66.2 Å². The molecule has 112 valence electrons. The van der Waals surface area contributed by atoms with Crippen LogP contribution in [0.1, 0.15) is 30.9 Å². The Hall–Kier alpha value is -2.33. The predicted molar refractivity (Wildman–Crippen MR) is 81.9 cm³/mol. The highest BCUT2D eigenvalue weighted by Crippen LogP contribution is 2.48. The van der Waals surface area contributed by atoms with E-state index < -0.39 is 5.79 Å². The lowest BCUT2D eigenvalue weighted by Crippen LogP contribution is -2.30. The molecule has 0 radical (unpaired) electrons. The van der Waals surface area contributed by atoms with Crippen LogP contribution in [0, 0.1) is 0 Å². The van der Waals surface area contributed by atoms with Gasteiger partial charge in [-0.05, 0) is 17.7 Å². The minimum atomic E-state index is -0.812. The zero-order valence-corrected chi connectivity index (χ0v) is 12.1. The second-order valence-electron chi connectivity index (χ2n) is 5.77. The molecule has 0 N–H and O–H groups in total. The zero-order chi connectivity index (χ0) is 15.0. The second-order valence-corrected chi connectivity index (χ2v) is 5.77. The van der Waals surface area contributed by atoms with Crippen LogP contribution in [0.25, 0.3) is 0 Å². The van der Waals surface area contributed by atoms with Crippen LogP contribution in [0.4, 0.5) is 5.69 Å². The first-order chi connectivity index (χ1) is 10.8. The lowest BCUT2D eigenvalue weighted by Gasteiger charge is -2.25. The first-order valence-electron chi connectivity index (χ1n) is 7.56. The molecule has 0 saturated carbocycles. The van der Waals surface area contributed by atoms with E-state index >= 15 is 0 Å². The van der Waals surface area contributed by atoms with E-state index in [-0.39, 0.29) is 12.0 Å². The summed E-state index contributed by atoms with van der Waals surface area (Å²) in [7, 11) is 0. The Morgan fingerprint density at radius 2 is 1.68 bits per heavy atom. The summed E-state index contributed by atoms with van der Waals surface area (Å²) in [6.45, 7) is 0. The molecule has 1 spiro atoms. The summed E-state index contributed by atoms with van der Waals surface area (Å²) in [4.78, 5) is 17.7. The molecule has 2 atom stereocenters. The number of hydrogen-bond acceptors (Lipinski definition) is 4. The van der Waals surface area contributed by atoms with E-state index in [0.29, 0.717) is 19.3 Å². The quantitative estimate of drug-likeness (QED) is 0.793. The summed E-state index contributed by atoms with van der Waals surface area (Å²) >= 11 is 0. The van der Waals surface area contributed by atoms with Gasteiger partial charge in [-0.25, -0.2) is 9.90 Å². The lowest BCUT2D eigenvalue weighted by atomic mass is 9.98. The number of esters is 1. The van der Waals surface area contributed by atoms with Crippen molar-refractivity contribution in [1.82, 2.24) is 0 Å². The van der Waals surface area contributed by atoms with E-state index in [1.165, 1.54) is 0 Å². The molecule has 2 aliphatic heterocycles. The average Bonchev–Trinajstić information content (AvgIpc) is 3.12. The fraction of sp³-hybridized carbons (Fsp3) is 0.278. The average molecular weight is 295 g/mol. The maximum Gasteiger partial charge on any atom is 0.308 e. The number of rotatable bonds is 2. The van der Waals surface area contributed by atoms with Crippen LogP contribution in [-0.2, 0) is 14.4 Å². The van der Waals surface area contributed by atoms with Crippen LogP contribution in [0.15, 0.2) is 60.7 Å². The van der Waals surface area contributed by atoms with E-state index in [2.05, 4.69) is 12.1 Å². The van der Waals surface area contributed by atoms with Crippen molar-refractivity contribution in [1.29, 1.82) is 0 Å². The molecule has 2 fully saturated rings. The molecule has 2 aromatic carbocycles. The van der Waals surface area contributed by atoms with Crippen LogP contribution in [0.2, 0.25) is 0 Å². The number of benzene rings is 2. The van der Waals surface area contributed by atoms with Crippen molar-refractivity contribution in [2.45, 2.75) is 31.1 Å². The van der Waals surface area contributed by atoms with Crippen molar-refractivity contribution < 1.29 is 14.4 Å². The van der Waals surface area contributed by atoms with Gasteiger partial charge in [0.15, 0.2) is 0 Å². The molecule has 2 saturated heterocycles. The highest BCUT2D eigenvalue weighted by molar-refractivity contribution is 5.72. The maximum absolute atomic E-state index is 11.6. The Morgan fingerprint density at radius 3 is 2.32 bits per heavy atom. The number of hydroxylamine groups is 1. The third-order valence-corrected chi connectivity index (χ3v) is 4.26. The minimum Gasteiger partial charge on any atom is -0.431 e. The number of para-hydroxylation sites is 1. The van der Waals surface area contributed by atoms with Crippen molar-refractivity contribution >= 4 is 11.7 Å². The van der Waals surface area contributed by atoms with Crippen LogP contribution >= 0.6 is 0 Å². The summed E-state index contributed by atoms with van der Waals surface area (Å²) in [5, 5.41) is 1.88. The van der Waals surface area contributed by atoms with Gasteiger partial charge >= 0.3 is 5.97 Å². The van der Waals surface area contributed by atoms with Gasteiger partial charge in [-0.3, -0.25) is 4.79 Å². The Balaban J connectivity index is 1.72. The van der Waals surface area contributed by atoms with Crippen LogP contribution in [0.3, 0.4) is 0 Å². The molecular formula is C18H17NO3. The molecule has 0 bridgehead atoms. The summed E-state index contributed by atoms with van der Waals surface area (Å²) in [5.74, 6) is -0.991. The monoisotopic (exact) mass is 295 g/mol. The molecule has 0 amide bonds. The standard InChI is InChI=1S/C18H17NO3/c20-17-11-12-18(21-17)13-16(14-7-3-1-4-8-14)19(22-18)15-9-5-2-6-10-15/h1-10,16H,11-13H2/t16-,18-/m1/s1. The number of nitrogens with zero attached hydrogens (tertiary/aromatic N) is 1. The number of hydrogen-bond donors (Lipinski definition) is 0. The van der Waals surface area contributed by atoms with Gasteiger partial charge in [0.2, 0.25) is 5.79 Å². The normalized spacial score (nSPS) is 27.4. The number of carbonyl (C=O) groups is 1. The minimum absolute atomic E-state index is 0.0366. The van der Waals surface area contributed by atoms with Crippen molar-refractivity contribution in [3.63, 3.8) is 0 Å². The van der Waals surface area contributed by atoms with E-state index in [9.17, 15) is 4.79 Å². The third-order valence-electron chi connectivity index (χ3n) is 4.26. The topological polar surface area (TPSA) is 38.8 Å². The van der Waals surface area contributed by atoms with Gasteiger partial charge in [-0.1, -0.05) is 48.5 Å². The lowest BCUT2D eigenvalue weighted by molar-refractivity contribution is -0.196. The summed E-state index contributed by atoms with van der Waals surface area (Å²) in [6, 6.07) is 20.2. The van der Waals surface area contributed by atoms with Gasteiger partial charge in [-0.15, -0.1) is 0 Å². The number of carbonyl (C=O) groups excluding carboxylic acids is 1. The van der Waals surface area contributed by atoms with Gasteiger partial charge in [0, 0.05) is 12.8 Å².